The van der Waals surface area contributed by atoms with Crippen molar-refractivity contribution in [2.75, 3.05) is 18.1 Å². The highest BCUT2D eigenvalue weighted by atomic mass is 19.1. The molecule has 1 saturated carbocycles. The van der Waals surface area contributed by atoms with Gasteiger partial charge in [0, 0.05) is 11.6 Å². The number of anilines is 1. The van der Waals surface area contributed by atoms with Crippen molar-refractivity contribution < 1.29 is 32.7 Å². The van der Waals surface area contributed by atoms with Gasteiger partial charge in [0.2, 0.25) is 0 Å². The summed E-state index contributed by atoms with van der Waals surface area (Å²) in [6, 6.07) is 14.0. The monoisotopic (exact) mass is 506 g/mol. The second-order valence-electron chi connectivity index (χ2n) is 9.17. The Hall–Kier alpha value is -4.14. The molecule has 37 heavy (non-hydrogen) atoms. The maximum Gasteiger partial charge on any atom is 0.287 e. The topological polar surface area (TPSA) is 98.1 Å². The van der Waals surface area contributed by atoms with Gasteiger partial charge in [-0.05, 0) is 55.3 Å². The Morgan fingerprint density at radius 2 is 1.86 bits per heavy atom. The first-order valence-electron chi connectivity index (χ1n) is 12.4. The van der Waals surface area contributed by atoms with Crippen LogP contribution < -0.4 is 19.7 Å². The minimum atomic E-state index is -0.559. The number of halogens is 1. The maximum absolute atomic E-state index is 13.8. The van der Waals surface area contributed by atoms with Crippen LogP contribution in [-0.2, 0) is 11.3 Å². The molecule has 1 aliphatic heterocycles. The number of fused-ring (bicyclic) bond motifs is 1. The van der Waals surface area contributed by atoms with Gasteiger partial charge in [0.1, 0.15) is 11.5 Å². The molecular weight excluding hydrogens is 479 g/mol. The largest absolute Gasteiger partial charge is 0.482 e. The molecule has 0 saturated heterocycles. The smallest absolute Gasteiger partial charge is 0.287 e. The highest BCUT2D eigenvalue weighted by Crippen LogP contribution is 2.34. The molecule has 2 aliphatic rings. The van der Waals surface area contributed by atoms with Crippen LogP contribution in [0, 0.1) is 5.82 Å². The lowest BCUT2D eigenvalue weighted by Gasteiger charge is -2.29. The molecule has 0 unspecified atom stereocenters. The standard InChI is InChI=1S/C28H27FN2O6/c29-21-8-4-5-9-24(21)35-16-23(32)18-10-12-25-22(14-18)31(27(33)17-36-25)15-20-11-13-26(37-20)28(34)30-19-6-2-1-3-7-19/h4-5,8-14,19H,1-3,6-7,15-17H2,(H,30,34). The fourth-order valence-corrected chi connectivity index (χ4v) is 4.58. The van der Waals surface area contributed by atoms with Crippen molar-refractivity contribution in [3.8, 4) is 11.5 Å². The summed E-state index contributed by atoms with van der Waals surface area (Å²) in [5.74, 6) is -0.493. The van der Waals surface area contributed by atoms with E-state index in [0.29, 0.717) is 17.2 Å². The molecule has 1 aromatic heterocycles. The fraction of sp³-hybridized carbons (Fsp3) is 0.321. The van der Waals surface area contributed by atoms with E-state index in [2.05, 4.69) is 5.32 Å². The number of carbonyl (C=O) groups is 3. The molecule has 2 heterocycles. The zero-order valence-electron chi connectivity index (χ0n) is 20.2. The van der Waals surface area contributed by atoms with Crippen LogP contribution in [0.1, 0.15) is 58.8 Å². The summed E-state index contributed by atoms with van der Waals surface area (Å²) in [6.07, 6.45) is 5.33. The molecular formula is C28H27FN2O6. The quantitative estimate of drug-likeness (QED) is 0.446. The van der Waals surface area contributed by atoms with E-state index in [1.165, 1.54) is 29.5 Å². The summed E-state index contributed by atoms with van der Waals surface area (Å²) in [5, 5.41) is 3.02. The average Bonchev–Trinajstić information content (AvgIpc) is 3.39. The molecule has 192 valence electrons. The van der Waals surface area contributed by atoms with E-state index < -0.39 is 5.82 Å². The van der Waals surface area contributed by atoms with Gasteiger partial charge in [-0.1, -0.05) is 31.4 Å². The molecule has 9 heteroatoms. The van der Waals surface area contributed by atoms with Crippen molar-refractivity contribution in [3.63, 3.8) is 0 Å². The van der Waals surface area contributed by atoms with Crippen molar-refractivity contribution in [1.29, 1.82) is 0 Å². The minimum Gasteiger partial charge on any atom is -0.482 e. The Bertz CT molecular complexity index is 1310. The SMILES string of the molecule is O=C(COc1ccccc1F)c1ccc2c(c1)N(Cc1ccc(C(=O)NC3CCCCC3)o1)C(=O)CO2. The van der Waals surface area contributed by atoms with Crippen LogP contribution in [0.5, 0.6) is 11.5 Å². The summed E-state index contributed by atoms with van der Waals surface area (Å²) in [7, 11) is 0. The first kappa shape index (κ1) is 24.5. The van der Waals surface area contributed by atoms with Crippen molar-refractivity contribution in [3.05, 3.63) is 77.5 Å². The number of benzene rings is 2. The fourth-order valence-electron chi connectivity index (χ4n) is 4.58. The van der Waals surface area contributed by atoms with Crippen LogP contribution in [-0.4, -0.2) is 36.9 Å². The van der Waals surface area contributed by atoms with E-state index >= 15 is 0 Å². The lowest BCUT2D eigenvalue weighted by atomic mass is 9.95. The third kappa shape index (κ3) is 5.66. The Morgan fingerprint density at radius 1 is 1.05 bits per heavy atom. The molecule has 8 nitrogen and oxygen atoms in total. The van der Waals surface area contributed by atoms with E-state index in [4.69, 9.17) is 13.9 Å². The summed E-state index contributed by atoms with van der Waals surface area (Å²) in [4.78, 5) is 39.5. The molecule has 1 N–H and O–H groups in total. The predicted molar refractivity (Wildman–Crippen MR) is 132 cm³/mol. The number of hydrogen-bond donors (Lipinski definition) is 1. The van der Waals surface area contributed by atoms with Gasteiger partial charge in [-0.15, -0.1) is 0 Å². The number of ether oxygens (including phenoxy) is 2. The van der Waals surface area contributed by atoms with Crippen LogP contribution in [0.4, 0.5) is 10.1 Å². The van der Waals surface area contributed by atoms with Gasteiger partial charge in [0.05, 0.1) is 12.2 Å². The Morgan fingerprint density at radius 3 is 2.68 bits per heavy atom. The second-order valence-corrected chi connectivity index (χ2v) is 9.17. The van der Waals surface area contributed by atoms with E-state index in [-0.39, 0.29) is 60.5 Å². The van der Waals surface area contributed by atoms with Gasteiger partial charge in [-0.25, -0.2) is 4.39 Å². The Kier molecular flexibility index (Phi) is 7.20. The van der Waals surface area contributed by atoms with Gasteiger partial charge in [-0.2, -0.15) is 0 Å². The molecule has 1 fully saturated rings. The van der Waals surface area contributed by atoms with Gasteiger partial charge in [0.15, 0.2) is 36.3 Å². The lowest BCUT2D eigenvalue weighted by Crippen LogP contribution is -2.38. The summed E-state index contributed by atoms with van der Waals surface area (Å²) in [5.41, 5.74) is 0.683. The maximum atomic E-state index is 13.8. The normalized spacial score (nSPS) is 15.6. The molecule has 2 amide bonds. The van der Waals surface area contributed by atoms with E-state index in [9.17, 15) is 18.8 Å². The van der Waals surface area contributed by atoms with Crippen LogP contribution in [0.3, 0.4) is 0 Å². The van der Waals surface area contributed by atoms with Crippen LogP contribution in [0.2, 0.25) is 0 Å². The number of nitrogens with zero attached hydrogens (tertiary/aromatic N) is 1. The summed E-state index contributed by atoms with van der Waals surface area (Å²) in [6.45, 7) is -0.464. The Labute approximate surface area is 213 Å². The Balaban J connectivity index is 1.28. The van der Waals surface area contributed by atoms with Gasteiger partial charge in [0.25, 0.3) is 11.8 Å². The highest BCUT2D eigenvalue weighted by Gasteiger charge is 2.28. The molecule has 3 aromatic rings. The number of carbonyl (C=O) groups excluding carboxylic acids is 3. The number of nitrogens with one attached hydrogen (secondary N) is 1. The van der Waals surface area contributed by atoms with Crippen LogP contribution in [0.15, 0.2) is 59.0 Å². The molecule has 0 spiro atoms. The molecule has 1 aliphatic carbocycles. The zero-order valence-corrected chi connectivity index (χ0v) is 20.2. The average molecular weight is 507 g/mol. The van der Waals surface area contributed by atoms with Gasteiger partial charge >= 0.3 is 0 Å². The number of furan rings is 1. The number of amides is 2. The van der Waals surface area contributed by atoms with Gasteiger partial charge < -0.3 is 19.2 Å². The molecule has 0 bridgehead atoms. The van der Waals surface area contributed by atoms with Crippen molar-refractivity contribution in [2.24, 2.45) is 0 Å². The first-order valence-corrected chi connectivity index (χ1v) is 12.4. The van der Waals surface area contributed by atoms with Crippen molar-refractivity contribution in [1.82, 2.24) is 5.32 Å². The second kappa shape index (κ2) is 10.9. The summed E-state index contributed by atoms with van der Waals surface area (Å²) < 4.78 is 30.4. The van der Waals surface area contributed by atoms with Crippen molar-refractivity contribution >= 4 is 23.3 Å². The number of hydrogen-bond acceptors (Lipinski definition) is 6. The number of rotatable bonds is 8. The highest BCUT2D eigenvalue weighted by molar-refractivity contribution is 6.02. The number of Topliss-reactive ketones (excluding diaryl/α,β-unsaturated/α-hetero) is 1. The van der Waals surface area contributed by atoms with Crippen molar-refractivity contribution in [2.45, 2.75) is 44.7 Å². The van der Waals surface area contributed by atoms with E-state index in [1.807, 2.05) is 0 Å². The van der Waals surface area contributed by atoms with E-state index in [1.54, 1.807) is 36.4 Å². The van der Waals surface area contributed by atoms with Gasteiger partial charge in [-0.3, -0.25) is 19.3 Å². The lowest BCUT2D eigenvalue weighted by molar-refractivity contribution is -0.121. The molecule has 0 atom stereocenters. The number of ketones is 1. The third-order valence-corrected chi connectivity index (χ3v) is 6.56. The van der Waals surface area contributed by atoms with Crippen LogP contribution >= 0.6 is 0 Å². The summed E-state index contributed by atoms with van der Waals surface area (Å²) >= 11 is 0. The number of para-hydroxylation sites is 1. The predicted octanol–water partition coefficient (Wildman–Crippen LogP) is 4.67. The molecule has 2 aromatic carbocycles. The minimum absolute atomic E-state index is 0.0184. The van der Waals surface area contributed by atoms with E-state index in [0.717, 1.165) is 25.7 Å². The third-order valence-electron chi connectivity index (χ3n) is 6.56. The first-order chi connectivity index (χ1) is 18.0. The molecule has 5 rings (SSSR count). The zero-order chi connectivity index (χ0) is 25.8. The van der Waals surface area contributed by atoms with Crippen LogP contribution in [0.25, 0.3) is 0 Å². The molecule has 0 radical (unpaired) electrons.